The van der Waals surface area contributed by atoms with Crippen molar-refractivity contribution in [3.63, 3.8) is 0 Å². The number of carbonyl (C=O) groups is 1. The molecule has 0 radical (unpaired) electrons. The van der Waals surface area contributed by atoms with Crippen LogP contribution in [0.2, 0.25) is 0 Å². The van der Waals surface area contributed by atoms with Crippen molar-refractivity contribution in [1.29, 1.82) is 0 Å². The number of amides is 1. The highest BCUT2D eigenvalue weighted by molar-refractivity contribution is 7.90. The number of aryl methyl sites for hydroxylation is 2. The summed E-state index contributed by atoms with van der Waals surface area (Å²) in [6, 6.07) is 16.9. The lowest BCUT2D eigenvalue weighted by atomic mass is 10.1. The summed E-state index contributed by atoms with van der Waals surface area (Å²) >= 11 is 0. The third kappa shape index (κ3) is 4.76. The molecule has 0 spiro atoms. The fourth-order valence-corrected chi connectivity index (χ4v) is 4.44. The first-order valence-corrected chi connectivity index (χ1v) is 11.5. The number of sulfone groups is 1. The highest BCUT2D eigenvalue weighted by Crippen LogP contribution is 2.25. The Hall–Kier alpha value is -3.78. The first kappa shape index (κ1) is 21.5. The molecular formula is C24H21N3O4S. The van der Waals surface area contributed by atoms with Gasteiger partial charge in [-0.05, 0) is 62.4 Å². The van der Waals surface area contributed by atoms with Crippen molar-refractivity contribution < 1.29 is 17.6 Å². The third-order valence-corrected chi connectivity index (χ3v) is 6.58. The van der Waals surface area contributed by atoms with Gasteiger partial charge < -0.3 is 9.73 Å². The van der Waals surface area contributed by atoms with E-state index in [4.69, 9.17) is 4.42 Å². The van der Waals surface area contributed by atoms with Crippen molar-refractivity contribution in [3.8, 4) is 11.5 Å². The van der Waals surface area contributed by atoms with Gasteiger partial charge in [0.25, 0.3) is 5.91 Å². The zero-order chi connectivity index (χ0) is 22.7. The van der Waals surface area contributed by atoms with Gasteiger partial charge in [0.2, 0.25) is 5.89 Å². The number of anilines is 1. The molecule has 0 saturated carbocycles. The minimum Gasteiger partial charge on any atom is -0.441 e. The largest absolute Gasteiger partial charge is 0.441 e. The topological polar surface area (TPSA) is 102 Å². The van der Waals surface area contributed by atoms with Gasteiger partial charge in [0.1, 0.15) is 11.5 Å². The Labute approximate surface area is 186 Å². The van der Waals surface area contributed by atoms with Crippen molar-refractivity contribution in [3.05, 3.63) is 95.6 Å². The van der Waals surface area contributed by atoms with Gasteiger partial charge in [-0.3, -0.25) is 9.78 Å². The van der Waals surface area contributed by atoms with Gasteiger partial charge in [0.15, 0.2) is 9.84 Å². The van der Waals surface area contributed by atoms with E-state index >= 15 is 0 Å². The lowest BCUT2D eigenvalue weighted by Gasteiger charge is -2.05. The minimum atomic E-state index is -3.55. The van der Waals surface area contributed by atoms with Crippen molar-refractivity contribution in [1.82, 2.24) is 9.97 Å². The van der Waals surface area contributed by atoms with Gasteiger partial charge >= 0.3 is 0 Å². The Morgan fingerprint density at radius 2 is 1.59 bits per heavy atom. The first-order chi connectivity index (χ1) is 15.3. The van der Waals surface area contributed by atoms with E-state index in [0.29, 0.717) is 34.2 Å². The molecule has 0 aliphatic carbocycles. The monoisotopic (exact) mass is 447 g/mol. The van der Waals surface area contributed by atoms with Gasteiger partial charge in [0, 0.05) is 29.2 Å². The van der Waals surface area contributed by atoms with Crippen LogP contribution in [0, 0.1) is 13.8 Å². The number of nitrogens with zero attached hydrogens (tertiary/aromatic N) is 2. The van der Waals surface area contributed by atoms with Crippen LogP contribution in [-0.4, -0.2) is 24.3 Å². The van der Waals surface area contributed by atoms with E-state index < -0.39 is 9.84 Å². The second-order valence-electron chi connectivity index (χ2n) is 7.36. The van der Waals surface area contributed by atoms with E-state index in [1.54, 1.807) is 80.0 Å². The standard InChI is InChI=1S/C24H21N3O4S/c1-16-3-9-21(10-4-16)32(29,30)15-22-17(2)31-24(27-22)19-7-5-18(6-8-19)23(28)26-20-11-13-25-14-12-20/h3-14H,15H2,1-2H3,(H,25,26,28). The lowest BCUT2D eigenvalue weighted by molar-refractivity contribution is 0.102. The number of rotatable bonds is 6. The van der Waals surface area contributed by atoms with Gasteiger partial charge in [-0.2, -0.15) is 0 Å². The molecule has 1 amide bonds. The van der Waals surface area contributed by atoms with Crippen LogP contribution in [0.5, 0.6) is 0 Å². The third-order valence-electron chi connectivity index (χ3n) is 4.93. The molecular weight excluding hydrogens is 426 g/mol. The van der Waals surface area contributed by atoms with Gasteiger partial charge in [-0.1, -0.05) is 17.7 Å². The predicted octanol–water partition coefficient (Wildman–Crippen LogP) is 4.58. The van der Waals surface area contributed by atoms with Crippen LogP contribution in [-0.2, 0) is 15.6 Å². The maximum atomic E-state index is 12.8. The van der Waals surface area contributed by atoms with Crippen LogP contribution in [0.25, 0.3) is 11.5 Å². The summed E-state index contributed by atoms with van der Waals surface area (Å²) in [6.07, 6.45) is 3.19. The lowest BCUT2D eigenvalue weighted by Crippen LogP contribution is -2.11. The molecule has 2 aromatic heterocycles. The molecule has 0 bridgehead atoms. The summed E-state index contributed by atoms with van der Waals surface area (Å²) in [4.78, 5) is 21.0. The molecule has 162 valence electrons. The highest BCUT2D eigenvalue weighted by atomic mass is 32.2. The van der Waals surface area contributed by atoms with E-state index in [1.807, 2.05) is 6.92 Å². The number of benzene rings is 2. The predicted molar refractivity (Wildman–Crippen MR) is 121 cm³/mol. The Morgan fingerprint density at radius 1 is 0.938 bits per heavy atom. The fraction of sp³-hybridized carbons (Fsp3) is 0.125. The molecule has 2 heterocycles. The Kier molecular flexibility index (Phi) is 5.87. The minimum absolute atomic E-state index is 0.247. The summed E-state index contributed by atoms with van der Waals surface area (Å²) in [6.45, 7) is 3.59. The molecule has 8 heteroatoms. The molecule has 0 saturated heterocycles. The van der Waals surface area contributed by atoms with E-state index in [0.717, 1.165) is 5.56 Å². The summed E-state index contributed by atoms with van der Waals surface area (Å²) in [5.41, 5.74) is 3.11. The van der Waals surface area contributed by atoms with E-state index in [1.165, 1.54) is 0 Å². The van der Waals surface area contributed by atoms with Crippen LogP contribution in [0.3, 0.4) is 0 Å². The van der Waals surface area contributed by atoms with Crippen LogP contribution < -0.4 is 5.32 Å². The molecule has 0 fully saturated rings. The number of oxazole rings is 1. The number of hydrogen-bond donors (Lipinski definition) is 1. The molecule has 0 unspecified atom stereocenters. The van der Waals surface area contributed by atoms with Crippen molar-refractivity contribution in [2.24, 2.45) is 0 Å². The number of carbonyl (C=O) groups excluding carboxylic acids is 1. The first-order valence-electron chi connectivity index (χ1n) is 9.89. The molecule has 0 aliphatic rings. The summed E-state index contributed by atoms with van der Waals surface area (Å²) in [7, 11) is -3.55. The zero-order valence-corrected chi connectivity index (χ0v) is 18.4. The average molecular weight is 448 g/mol. The summed E-state index contributed by atoms with van der Waals surface area (Å²) < 4.78 is 31.2. The van der Waals surface area contributed by atoms with Crippen molar-refractivity contribution >= 4 is 21.4 Å². The molecule has 1 N–H and O–H groups in total. The highest BCUT2D eigenvalue weighted by Gasteiger charge is 2.21. The normalized spacial score (nSPS) is 11.3. The Bertz CT molecular complexity index is 1340. The second-order valence-corrected chi connectivity index (χ2v) is 9.35. The average Bonchev–Trinajstić information content (AvgIpc) is 3.14. The maximum Gasteiger partial charge on any atom is 0.255 e. The van der Waals surface area contributed by atoms with Gasteiger partial charge in [-0.15, -0.1) is 0 Å². The van der Waals surface area contributed by atoms with E-state index in [2.05, 4.69) is 15.3 Å². The molecule has 0 aliphatic heterocycles. The quantitative estimate of drug-likeness (QED) is 0.464. The van der Waals surface area contributed by atoms with Crippen LogP contribution in [0.15, 0.2) is 82.4 Å². The summed E-state index contributed by atoms with van der Waals surface area (Å²) in [5, 5.41) is 2.79. The number of pyridine rings is 1. The van der Waals surface area contributed by atoms with E-state index in [9.17, 15) is 13.2 Å². The molecule has 0 atom stereocenters. The number of aromatic nitrogens is 2. The number of hydrogen-bond acceptors (Lipinski definition) is 6. The molecule has 2 aromatic carbocycles. The van der Waals surface area contributed by atoms with Gasteiger partial charge in [-0.25, -0.2) is 13.4 Å². The van der Waals surface area contributed by atoms with Crippen molar-refractivity contribution in [2.75, 3.05) is 5.32 Å². The smallest absolute Gasteiger partial charge is 0.255 e. The fourth-order valence-electron chi connectivity index (χ4n) is 3.10. The zero-order valence-electron chi connectivity index (χ0n) is 17.6. The van der Waals surface area contributed by atoms with Crippen molar-refractivity contribution in [2.45, 2.75) is 24.5 Å². The van der Waals surface area contributed by atoms with Gasteiger partial charge in [0.05, 0.1) is 10.6 Å². The van der Waals surface area contributed by atoms with Crippen LogP contribution in [0.4, 0.5) is 5.69 Å². The number of nitrogens with one attached hydrogen (secondary N) is 1. The Balaban J connectivity index is 1.51. The molecule has 7 nitrogen and oxygen atoms in total. The molecule has 4 aromatic rings. The van der Waals surface area contributed by atoms with E-state index in [-0.39, 0.29) is 16.6 Å². The Morgan fingerprint density at radius 3 is 2.25 bits per heavy atom. The van der Waals surface area contributed by atoms with Crippen LogP contribution in [0.1, 0.15) is 27.4 Å². The second kappa shape index (κ2) is 8.76. The molecule has 32 heavy (non-hydrogen) atoms. The van der Waals surface area contributed by atoms with Crippen LogP contribution >= 0.6 is 0 Å². The maximum absolute atomic E-state index is 12.8. The SMILES string of the molecule is Cc1ccc(S(=O)(=O)Cc2nc(-c3ccc(C(=O)Nc4ccncc4)cc3)oc2C)cc1. The summed E-state index contributed by atoms with van der Waals surface area (Å²) in [5.74, 6) is 0.238. The molecule has 4 rings (SSSR count).